The van der Waals surface area contributed by atoms with Gasteiger partial charge in [0.05, 0.1) is 22.4 Å². The largest absolute Gasteiger partial charge is 0.331 e. The Morgan fingerprint density at radius 3 is 2.56 bits per heavy atom. The first-order valence-corrected chi connectivity index (χ1v) is 11.6. The Hall–Kier alpha value is -3.20. The quantitative estimate of drug-likeness (QED) is 0.574. The number of hydrogen-bond acceptors (Lipinski definition) is 8. The molecular weight excluding hydrogens is 422 g/mol. The van der Waals surface area contributed by atoms with Crippen LogP contribution in [0.15, 0.2) is 23.6 Å². The molecule has 0 spiro atoms. The molecule has 8 nitrogen and oxygen atoms in total. The van der Waals surface area contributed by atoms with Gasteiger partial charge in [0.1, 0.15) is 11.6 Å². The maximum absolute atomic E-state index is 13.0. The van der Waals surface area contributed by atoms with E-state index in [-0.39, 0.29) is 11.9 Å². The molecule has 3 aromatic heterocycles. The number of piperidine rings is 1. The average molecular weight is 450 g/mol. The predicted molar refractivity (Wildman–Crippen MR) is 126 cm³/mol. The number of aryl methyl sites for hydroxylation is 4. The molecule has 9 heteroatoms. The zero-order chi connectivity index (χ0) is 22.7. The summed E-state index contributed by atoms with van der Waals surface area (Å²) < 4.78 is 0. The van der Waals surface area contributed by atoms with Crippen molar-refractivity contribution in [3.8, 4) is 0 Å². The van der Waals surface area contributed by atoms with Crippen molar-refractivity contribution in [2.24, 2.45) is 0 Å². The summed E-state index contributed by atoms with van der Waals surface area (Å²) in [4.78, 5) is 37.4. The van der Waals surface area contributed by atoms with Crippen LogP contribution in [0.3, 0.4) is 0 Å². The third-order valence-corrected chi connectivity index (χ3v) is 6.03. The first kappa shape index (κ1) is 22.0. The first-order chi connectivity index (χ1) is 15.4. The fourth-order valence-electron chi connectivity index (χ4n) is 3.93. The summed E-state index contributed by atoms with van der Waals surface area (Å²) in [5, 5.41) is 6.14. The van der Waals surface area contributed by atoms with E-state index < -0.39 is 0 Å². The molecule has 166 valence electrons. The van der Waals surface area contributed by atoms with Crippen molar-refractivity contribution in [3.05, 3.63) is 57.2 Å². The zero-order valence-corrected chi connectivity index (χ0v) is 19.6. The van der Waals surface area contributed by atoms with Crippen LogP contribution >= 0.6 is 11.3 Å². The molecule has 0 aromatic carbocycles. The lowest BCUT2D eigenvalue weighted by Crippen LogP contribution is -2.38. The van der Waals surface area contributed by atoms with Gasteiger partial charge in [0.15, 0.2) is 0 Å². The molecular formula is C23H27N7OS. The van der Waals surface area contributed by atoms with Crippen LogP contribution in [0.1, 0.15) is 58.9 Å². The number of carbonyl (C=O) groups is 1. The molecule has 1 atom stereocenters. The summed E-state index contributed by atoms with van der Waals surface area (Å²) in [6.45, 7) is 8.38. The summed E-state index contributed by atoms with van der Waals surface area (Å²) >= 11 is 1.57. The summed E-state index contributed by atoms with van der Waals surface area (Å²) in [6.07, 6.45) is 6.30. The molecule has 4 rings (SSSR count). The molecule has 4 heterocycles. The predicted octanol–water partition coefficient (Wildman–Crippen LogP) is 4.47. The molecule has 1 aliphatic heterocycles. The van der Waals surface area contributed by atoms with Crippen molar-refractivity contribution in [1.82, 2.24) is 29.8 Å². The number of thiazole rings is 1. The smallest absolute Gasteiger partial charge is 0.247 e. The summed E-state index contributed by atoms with van der Waals surface area (Å²) in [6, 6.07) is 3.73. The highest BCUT2D eigenvalue weighted by molar-refractivity contribution is 7.09. The summed E-state index contributed by atoms with van der Waals surface area (Å²) in [7, 11) is 0. The Labute approximate surface area is 191 Å². The number of amides is 1. The van der Waals surface area contributed by atoms with Crippen LogP contribution in [-0.4, -0.2) is 42.3 Å². The molecule has 1 N–H and O–H groups in total. The number of nitrogens with one attached hydrogen (secondary N) is 1. The van der Waals surface area contributed by atoms with Gasteiger partial charge < -0.3 is 10.2 Å². The second kappa shape index (κ2) is 9.52. The van der Waals surface area contributed by atoms with Crippen LogP contribution in [0, 0.1) is 27.7 Å². The van der Waals surface area contributed by atoms with E-state index in [4.69, 9.17) is 0 Å². The van der Waals surface area contributed by atoms with Crippen molar-refractivity contribution in [1.29, 1.82) is 0 Å². The van der Waals surface area contributed by atoms with E-state index >= 15 is 0 Å². The Bertz CT molecular complexity index is 1140. The Morgan fingerprint density at radius 1 is 1.06 bits per heavy atom. The van der Waals surface area contributed by atoms with E-state index in [1.165, 1.54) is 0 Å². The number of likely N-dealkylation sites (tertiary alicyclic amines) is 1. The van der Waals surface area contributed by atoms with E-state index in [9.17, 15) is 4.79 Å². The number of nitrogens with zero attached hydrogens (tertiary/aromatic N) is 6. The van der Waals surface area contributed by atoms with E-state index in [0.29, 0.717) is 24.1 Å². The second-order valence-electron chi connectivity index (χ2n) is 7.99. The molecule has 0 bridgehead atoms. The van der Waals surface area contributed by atoms with E-state index in [1.807, 2.05) is 50.1 Å². The number of hydrogen-bond donors (Lipinski definition) is 1. The maximum atomic E-state index is 13.0. The van der Waals surface area contributed by atoms with Crippen LogP contribution in [0.5, 0.6) is 0 Å². The normalized spacial score (nSPS) is 16.5. The summed E-state index contributed by atoms with van der Waals surface area (Å²) in [5.74, 6) is 1.75. The minimum Gasteiger partial charge on any atom is -0.331 e. The monoisotopic (exact) mass is 449 g/mol. The Morgan fingerprint density at radius 2 is 1.84 bits per heavy atom. The minimum absolute atomic E-state index is 0.0243. The molecule has 1 amide bonds. The van der Waals surface area contributed by atoms with Crippen molar-refractivity contribution in [2.45, 2.75) is 53.0 Å². The highest BCUT2D eigenvalue weighted by Crippen LogP contribution is 2.31. The van der Waals surface area contributed by atoms with E-state index in [1.54, 1.807) is 23.5 Å². The zero-order valence-electron chi connectivity index (χ0n) is 18.8. The summed E-state index contributed by atoms with van der Waals surface area (Å²) in [5.41, 5.74) is 3.41. The van der Waals surface area contributed by atoms with E-state index in [0.717, 1.165) is 47.0 Å². The van der Waals surface area contributed by atoms with E-state index in [2.05, 4.69) is 30.2 Å². The van der Waals surface area contributed by atoms with Gasteiger partial charge in [-0.1, -0.05) is 0 Å². The number of rotatable bonds is 5. The Kier molecular flexibility index (Phi) is 6.55. The van der Waals surface area contributed by atoms with Gasteiger partial charge in [-0.25, -0.2) is 24.9 Å². The third-order valence-electron chi connectivity index (χ3n) is 5.24. The second-order valence-corrected chi connectivity index (χ2v) is 9.05. The van der Waals surface area contributed by atoms with Crippen molar-refractivity contribution in [2.75, 3.05) is 11.9 Å². The van der Waals surface area contributed by atoms with Crippen LogP contribution in [0.25, 0.3) is 6.08 Å². The Balaban J connectivity index is 1.57. The third kappa shape index (κ3) is 5.34. The molecule has 0 radical (unpaired) electrons. The topological polar surface area (TPSA) is 96.8 Å². The van der Waals surface area contributed by atoms with Crippen LogP contribution in [0.4, 0.5) is 11.8 Å². The highest BCUT2D eigenvalue weighted by Gasteiger charge is 2.28. The molecule has 1 aliphatic rings. The number of aromatic nitrogens is 5. The van der Waals surface area contributed by atoms with Gasteiger partial charge in [-0.2, -0.15) is 0 Å². The van der Waals surface area contributed by atoms with Gasteiger partial charge in [0, 0.05) is 35.5 Å². The molecule has 3 aromatic rings. The van der Waals surface area contributed by atoms with Gasteiger partial charge >= 0.3 is 0 Å². The molecule has 0 saturated carbocycles. The maximum Gasteiger partial charge on any atom is 0.247 e. The molecule has 1 saturated heterocycles. The van der Waals surface area contributed by atoms with Crippen LogP contribution < -0.4 is 5.32 Å². The fraction of sp³-hybridized carbons (Fsp3) is 0.391. The van der Waals surface area contributed by atoms with Gasteiger partial charge in [0.2, 0.25) is 11.9 Å². The van der Waals surface area contributed by atoms with Gasteiger partial charge in [-0.15, -0.1) is 11.3 Å². The SMILES string of the molecule is Cc1cc(C)nc(Nc2cc(C3CCCCN3C(=O)/C=C/c3csc(C)n3)nc(C)n2)n1. The first-order valence-electron chi connectivity index (χ1n) is 10.7. The lowest BCUT2D eigenvalue weighted by atomic mass is 9.98. The van der Waals surface area contributed by atoms with Crippen molar-refractivity contribution >= 4 is 35.1 Å². The standard InChI is InChI=1S/C23H27N7OS/c1-14-11-15(2)25-23(24-14)29-21-12-19(26-16(3)27-21)20-7-5-6-10-30(20)22(31)9-8-18-13-32-17(4)28-18/h8-9,11-13,20H,5-7,10H2,1-4H3,(H,24,25,26,27,29)/b9-8+. The highest BCUT2D eigenvalue weighted by atomic mass is 32.1. The van der Waals surface area contributed by atoms with Gasteiger partial charge in [-0.05, 0) is 59.1 Å². The molecule has 1 unspecified atom stereocenters. The molecule has 32 heavy (non-hydrogen) atoms. The lowest BCUT2D eigenvalue weighted by molar-refractivity contribution is -0.129. The fourth-order valence-corrected chi connectivity index (χ4v) is 4.51. The average Bonchev–Trinajstić information content (AvgIpc) is 3.16. The van der Waals surface area contributed by atoms with Crippen molar-refractivity contribution in [3.63, 3.8) is 0 Å². The van der Waals surface area contributed by atoms with Gasteiger partial charge in [0.25, 0.3) is 0 Å². The number of anilines is 2. The van der Waals surface area contributed by atoms with Crippen LogP contribution in [-0.2, 0) is 4.79 Å². The molecule has 1 fully saturated rings. The minimum atomic E-state index is -0.0968. The molecule has 0 aliphatic carbocycles. The lowest BCUT2D eigenvalue weighted by Gasteiger charge is -2.35. The number of carbonyl (C=O) groups excluding carboxylic acids is 1. The van der Waals surface area contributed by atoms with Crippen molar-refractivity contribution < 1.29 is 4.79 Å². The van der Waals surface area contributed by atoms with Crippen LogP contribution in [0.2, 0.25) is 0 Å². The van der Waals surface area contributed by atoms with Gasteiger partial charge in [-0.3, -0.25) is 4.79 Å².